The fourth-order valence-corrected chi connectivity index (χ4v) is 6.13. The van der Waals surface area contributed by atoms with Crippen LogP contribution < -0.4 is 0 Å². The van der Waals surface area contributed by atoms with E-state index in [-0.39, 0.29) is 68.7 Å². The Morgan fingerprint density at radius 3 is 1.61 bits per heavy atom. The number of nitrogens with zero attached hydrogens (tertiary/aromatic N) is 5. The molecule has 0 unspecified atom stereocenters. The number of rotatable bonds is 5. The molecule has 0 N–H and O–H groups in total. The average Bonchev–Trinajstić information content (AvgIpc) is 3.79. The second-order valence-electron chi connectivity index (χ2n) is 13.9. The van der Waals surface area contributed by atoms with Crippen LogP contribution in [-0.4, -0.2) is 24.7 Å². The van der Waals surface area contributed by atoms with E-state index >= 15 is 0 Å². The van der Waals surface area contributed by atoms with Crippen molar-refractivity contribution in [2.45, 2.75) is 38.8 Å². The number of alkyl halides is 3. The Bertz CT molecular complexity index is 2890. The fraction of sp³-hybridized carbons (Fsp3) is 0.106. The summed E-state index contributed by atoms with van der Waals surface area (Å²) >= 11 is 0. The van der Waals surface area contributed by atoms with Gasteiger partial charge in [-0.15, -0.1) is 79.6 Å². The zero-order valence-electron chi connectivity index (χ0n) is 35.0. The van der Waals surface area contributed by atoms with Crippen molar-refractivity contribution in [3.05, 3.63) is 203 Å². The van der Waals surface area contributed by atoms with Gasteiger partial charge in [-0.25, -0.2) is 0 Å². The van der Waals surface area contributed by atoms with Crippen LogP contribution in [0.1, 0.15) is 27.8 Å². The maximum absolute atomic E-state index is 13.8. The van der Waals surface area contributed by atoms with Gasteiger partial charge in [-0.05, 0) is 60.9 Å². The summed E-state index contributed by atoms with van der Waals surface area (Å²) in [6, 6.07) is 32.4. The summed E-state index contributed by atoms with van der Waals surface area (Å²) in [6.45, 7) is 7.02. The molecule has 4 aromatic heterocycles. The summed E-state index contributed by atoms with van der Waals surface area (Å²) in [5.41, 5.74) is 2.69. The van der Waals surface area contributed by atoms with E-state index in [1.807, 2.05) is 43.5 Å². The molecule has 0 aliphatic heterocycles. The number of hydrogen-bond acceptors (Lipinski definition) is 4. The van der Waals surface area contributed by atoms with Gasteiger partial charge >= 0.3 is 26.3 Å². The molecule has 67 heavy (non-hydrogen) atoms. The molecule has 1 radical (unpaired) electrons. The minimum atomic E-state index is -9.61. The second-order valence-corrected chi connectivity index (χ2v) is 16.3. The molecule has 0 spiro atoms. The number of aryl methyl sites for hydroxylation is 3. The molecule has 8 aromatic rings. The molecule has 4 aromatic carbocycles. The Labute approximate surface area is 404 Å². The van der Waals surface area contributed by atoms with Crippen molar-refractivity contribution in [3.8, 4) is 39.5 Å². The van der Waals surface area contributed by atoms with Gasteiger partial charge in [-0.2, -0.15) is 42.0 Å². The van der Waals surface area contributed by atoms with Crippen LogP contribution in [0.4, 0.5) is 50.2 Å². The summed E-state index contributed by atoms with van der Waals surface area (Å²) in [7, 11) is -9.61. The van der Waals surface area contributed by atoms with Gasteiger partial charge in [0.05, 0.1) is 11.6 Å². The molecule has 8 rings (SSSR count). The molecule has 355 valence electrons. The normalized spacial score (nSPS) is 11.9. The zero-order valence-corrected chi connectivity index (χ0v) is 40.6. The maximum atomic E-state index is 13.8. The van der Waals surface area contributed by atoms with Crippen molar-refractivity contribution in [2.75, 3.05) is 0 Å². The molecule has 0 atom stereocenters. The number of pyridine rings is 3. The van der Waals surface area contributed by atoms with Crippen LogP contribution >= 0.6 is 10.2 Å². The van der Waals surface area contributed by atoms with Crippen molar-refractivity contribution >= 4 is 10.2 Å². The molecule has 0 fully saturated rings. The number of hydrogen-bond donors (Lipinski definition) is 0. The Kier molecular flexibility index (Phi) is 18.3. The monoisotopic (exact) mass is 1310 g/mol. The molecule has 0 aliphatic rings. The molecule has 0 aliphatic carbocycles. The number of halogens is 12. The van der Waals surface area contributed by atoms with Crippen LogP contribution in [0.3, 0.4) is 0 Å². The first-order chi connectivity index (χ1) is 30.3. The Balaban J connectivity index is 0.000000237. The Morgan fingerprint density at radius 1 is 0.567 bits per heavy atom. The topological polar surface area (TPSA) is 56.5 Å². The third-order valence-corrected chi connectivity index (χ3v) is 9.91. The second kappa shape index (κ2) is 22.0. The van der Waals surface area contributed by atoms with Gasteiger partial charge in [-0.1, -0.05) is 65.9 Å². The molecule has 4 heterocycles. The van der Waals surface area contributed by atoms with Crippen LogP contribution in [0.2, 0.25) is 0 Å². The third-order valence-electron chi connectivity index (χ3n) is 8.76. The predicted molar refractivity (Wildman–Crippen MR) is 223 cm³/mol. The zero-order chi connectivity index (χ0) is 47.8. The van der Waals surface area contributed by atoms with E-state index in [1.54, 1.807) is 54.3 Å². The van der Waals surface area contributed by atoms with E-state index in [4.69, 9.17) is 0 Å². The van der Waals surface area contributed by atoms with Gasteiger partial charge in [-0.3, -0.25) is 22.2 Å². The molecule has 0 saturated heterocycles. The number of aromatic nitrogens is 5. The summed E-state index contributed by atoms with van der Waals surface area (Å²) in [4.78, 5) is 9.75. The van der Waals surface area contributed by atoms with Gasteiger partial charge in [0.25, 0.3) is 10.2 Å². The van der Waals surface area contributed by atoms with E-state index < -0.39 is 55.7 Å². The standard InChI is InChI=1S/C13H7F5N.C13H10F2N.C11H7F5NS.C10H9N2.2Ir/c1-7-4-5-19-10(6-7)8-2-3-9(14)11(12(8)15)13(16,17)18;1-8-5-6-16-12(7-8)10-3-4-11(14)9(2)13(10)15;12-18(13,14,15,16)10-6-4-9(5-7-10)11-3-1-2-8-17-11;1-9-4-2-5-10(8-9)12-7-3-6-11-12;;/h3-6H,1H3;4-7H,1-2H3;1-4,6-8H;2-4,6-8H,1H3;;/q4*-1;;+3. The minimum absolute atomic E-state index is 0. The molecule has 5 nitrogen and oxygen atoms in total. The van der Waals surface area contributed by atoms with Gasteiger partial charge in [0, 0.05) is 73.2 Å². The van der Waals surface area contributed by atoms with Crippen molar-refractivity contribution in [1.82, 2.24) is 24.7 Å². The quantitative estimate of drug-likeness (QED) is 0.127. The van der Waals surface area contributed by atoms with E-state index in [0.717, 1.165) is 23.4 Å². The van der Waals surface area contributed by atoms with Crippen LogP contribution in [0.25, 0.3) is 39.5 Å². The molecule has 0 saturated carbocycles. The first-order valence-electron chi connectivity index (χ1n) is 18.7. The van der Waals surface area contributed by atoms with Crippen molar-refractivity contribution in [2.24, 2.45) is 0 Å². The van der Waals surface area contributed by atoms with Crippen molar-refractivity contribution < 1.29 is 90.4 Å². The van der Waals surface area contributed by atoms with Crippen LogP contribution in [0, 0.1) is 75.2 Å². The number of benzene rings is 4. The van der Waals surface area contributed by atoms with Crippen LogP contribution in [0.15, 0.2) is 133 Å². The summed E-state index contributed by atoms with van der Waals surface area (Å²) in [5.74, 6) is -4.58. The molecular formula is C47H33F12Ir2N5S-. The average molecular weight is 1310 g/mol. The first-order valence-corrected chi connectivity index (χ1v) is 20.6. The first kappa shape index (κ1) is 55.7. The largest absolute Gasteiger partial charge is 3.00 e. The Hall–Kier alpha value is -5.65. The fourth-order valence-electron chi connectivity index (χ4n) is 5.52. The molecule has 20 heteroatoms. The molecule has 0 amide bonds. The van der Waals surface area contributed by atoms with Gasteiger partial charge in [0.15, 0.2) is 0 Å². The van der Waals surface area contributed by atoms with E-state index in [1.165, 1.54) is 30.9 Å². The smallest absolute Gasteiger partial charge is 0.305 e. The van der Waals surface area contributed by atoms with E-state index in [2.05, 4.69) is 51.2 Å². The minimum Gasteiger partial charge on any atom is -0.305 e. The molecule has 0 bridgehead atoms. The summed E-state index contributed by atoms with van der Waals surface area (Å²) in [6.07, 6.45) is 2.93. The summed E-state index contributed by atoms with van der Waals surface area (Å²) in [5, 5.41) is 4.11. The van der Waals surface area contributed by atoms with E-state index in [9.17, 15) is 50.2 Å². The summed E-state index contributed by atoms with van der Waals surface area (Å²) < 4.78 is 155. The SMILES string of the molecule is Cc1cc[c-]c(-n2cccn2)c1.Cc1ccnc(-c2[c-]cc(F)c(C(F)(F)F)c2F)c1.Cc1ccnc(-c2[c-]cc(F)c(C)c2F)c1.FS(F)(F)(F)(F)c1c[c-]c(-c2ccccn2)cc1.[Ir+3].[Ir]. The predicted octanol–water partition coefficient (Wildman–Crippen LogP) is 14.8. The van der Waals surface area contributed by atoms with Gasteiger partial charge in [0.2, 0.25) is 0 Å². The van der Waals surface area contributed by atoms with E-state index in [0.29, 0.717) is 29.1 Å². The van der Waals surface area contributed by atoms with Gasteiger partial charge in [0.1, 0.15) is 0 Å². The third kappa shape index (κ3) is 15.4. The van der Waals surface area contributed by atoms with Gasteiger partial charge < -0.3 is 15.0 Å². The Morgan fingerprint density at radius 2 is 1.13 bits per heavy atom. The van der Waals surface area contributed by atoms with Crippen molar-refractivity contribution in [1.29, 1.82) is 0 Å². The van der Waals surface area contributed by atoms with Crippen LogP contribution in [-0.2, 0) is 46.4 Å². The van der Waals surface area contributed by atoms with Crippen molar-refractivity contribution in [3.63, 3.8) is 0 Å². The molecular weight excluding hydrogens is 1280 g/mol. The maximum Gasteiger partial charge on any atom is 3.00 e. The van der Waals surface area contributed by atoms with Crippen LogP contribution in [0.5, 0.6) is 0 Å².